The molecular formula is C20H23F2N3O4S. The molecular weight excluding hydrogens is 416 g/mol. The number of amides is 2. The SMILES string of the molecule is CNC(=O)C(NC(=O)CCNS(=O)(=O)c1ccc(C)c(C)c1)c1ccc(F)c(F)c1. The molecule has 1 unspecified atom stereocenters. The molecule has 2 amide bonds. The van der Waals surface area contributed by atoms with Gasteiger partial charge in [0.15, 0.2) is 11.6 Å². The fraction of sp³-hybridized carbons (Fsp3) is 0.300. The Bertz CT molecular complexity index is 1060. The lowest BCUT2D eigenvalue weighted by Crippen LogP contribution is -2.40. The minimum Gasteiger partial charge on any atom is -0.357 e. The van der Waals surface area contributed by atoms with E-state index in [-0.39, 0.29) is 23.4 Å². The Balaban J connectivity index is 2.02. The van der Waals surface area contributed by atoms with Crippen molar-refractivity contribution in [3.05, 3.63) is 64.7 Å². The Hall–Kier alpha value is -2.85. The molecule has 7 nitrogen and oxygen atoms in total. The average molecular weight is 439 g/mol. The first-order valence-electron chi connectivity index (χ1n) is 9.08. The van der Waals surface area contributed by atoms with Gasteiger partial charge in [0.25, 0.3) is 0 Å². The maximum absolute atomic E-state index is 13.5. The maximum atomic E-state index is 13.5. The molecule has 2 rings (SSSR count). The van der Waals surface area contributed by atoms with Gasteiger partial charge < -0.3 is 10.6 Å². The largest absolute Gasteiger partial charge is 0.357 e. The molecule has 2 aromatic carbocycles. The summed E-state index contributed by atoms with van der Waals surface area (Å²) in [6, 6.07) is 6.28. The van der Waals surface area contributed by atoms with Crippen LogP contribution < -0.4 is 15.4 Å². The average Bonchev–Trinajstić information content (AvgIpc) is 2.69. The van der Waals surface area contributed by atoms with Gasteiger partial charge in [0.2, 0.25) is 21.8 Å². The molecule has 10 heteroatoms. The summed E-state index contributed by atoms with van der Waals surface area (Å²) in [4.78, 5) is 24.4. The Morgan fingerprint density at radius 1 is 1.00 bits per heavy atom. The number of carbonyl (C=O) groups is 2. The van der Waals surface area contributed by atoms with Crippen LogP contribution in [0.3, 0.4) is 0 Å². The fourth-order valence-electron chi connectivity index (χ4n) is 2.63. The van der Waals surface area contributed by atoms with Crippen molar-refractivity contribution >= 4 is 21.8 Å². The van der Waals surface area contributed by atoms with Crippen LogP contribution in [0, 0.1) is 25.5 Å². The van der Waals surface area contributed by atoms with Crippen LogP contribution in [0.4, 0.5) is 8.78 Å². The zero-order valence-electron chi connectivity index (χ0n) is 16.8. The van der Waals surface area contributed by atoms with Crippen LogP contribution in [-0.4, -0.2) is 33.8 Å². The van der Waals surface area contributed by atoms with Gasteiger partial charge >= 0.3 is 0 Å². The molecule has 162 valence electrons. The second kappa shape index (κ2) is 9.77. The molecule has 1 atom stereocenters. The highest BCUT2D eigenvalue weighted by Gasteiger charge is 2.23. The fourth-order valence-corrected chi connectivity index (χ4v) is 3.75. The Kier molecular flexibility index (Phi) is 7.63. The highest BCUT2D eigenvalue weighted by Crippen LogP contribution is 2.17. The summed E-state index contributed by atoms with van der Waals surface area (Å²) in [6.45, 7) is 3.44. The van der Waals surface area contributed by atoms with E-state index < -0.39 is 39.5 Å². The van der Waals surface area contributed by atoms with Gasteiger partial charge in [-0.1, -0.05) is 12.1 Å². The summed E-state index contributed by atoms with van der Waals surface area (Å²) < 4.78 is 53.7. The van der Waals surface area contributed by atoms with Crippen molar-refractivity contribution in [1.82, 2.24) is 15.4 Å². The summed E-state index contributed by atoms with van der Waals surface area (Å²) in [5, 5.41) is 4.73. The number of halogens is 2. The summed E-state index contributed by atoms with van der Waals surface area (Å²) in [7, 11) is -2.48. The van der Waals surface area contributed by atoms with Crippen LogP contribution in [0.5, 0.6) is 0 Å². The Morgan fingerprint density at radius 2 is 1.70 bits per heavy atom. The molecule has 0 radical (unpaired) electrons. The number of carbonyl (C=O) groups excluding carboxylic acids is 2. The lowest BCUT2D eigenvalue weighted by molar-refractivity contribution is -0.128. The van der Waals surface area contributed by atoms with Crippen molar-refractivity contribution < 1.29 is 26.8 Å². The Morgan fingerprint density at radius 3 is 2.30 bits per heavy atom. The van der Waals surface area contributed by atoms with E-state index in [9.17, 15) is 26.8 Å². The highest BCUT2D eigenvalue weighted by atomic mass is 32.2. The molecule has 0 saturated heterocycles. The first-order valence-corrected chi connectivity index (χ1v) is 10.6. The number of aryl methyl sites for hydroxylation is 2. The molecule has 2 aromatic rings. The summed E-state index contributed by atoms with van der Waals surface area (Å²) in [5.41, 5.74) is 1.82. The standard InChI is InChI=1S/C20H23F2N3O4S/c1-12-4-6-15(10-13(12)2)30(28,29)24-9-8-18(26)25-19(20(27)23-3)14-5-7-16(21)17(22)11-14/h4-7,10-11,19,24H,8-9H2,1-3H3,(H,23,27)(H,25,26). The minimum atomic E-state index is -3.81. The van der Waals surface area contributed by atoms with E-state index in [1.165, 1.54) is 25.2 Å². The summed E-state index contributed by atoms with van der Waals surface area (Å²) in [6.07, 6.45) is -0.263. The molecule has 0 aromatic heterocycles. The molecule has 0 heterocycles. The quantitative estimate of drug-likeness (QED) is 0.584. The summed E-state index contributed by atoms with van der Waals surface area (Å²) in [5.74, 6) is -3.51. The number of hydrogen-bond acceptors (Lipinski definition) is 4. The van der Waals surface area contributed by atoms with E-state index in [1.807, 2.05) is 6.92 Å². The Labute approximate surface area is 173 Å². The number of hydrogen-bond donors (Lipinski definition) is 3. The third kappa shape index (κ3) is 5.83. The molecule has 30 heavy (non-hydrogen) atoms. The summed E-state index contributed by atoms with van der Waals surface area (Å²) >= 11 is 0. The molecule has 3 N–H and O–H groups in total. The van der Waals surface area contributed by atoms with E-state index in [2.05, 4.69) is 15.4 Å². The van der Waals surface area contributed by atoms with Crippen LogP contribution in [-0.2, 0) is 19.6 Å². The maximum Gasteiger partial charge on any atom is 0.246 e. The van der Waals surface area contributed by atoms with Crippen LogP contribution >= 0.6 is 0 Å². The van der Waals surface area contributed by atoms with Crippen molar-refractivity contribution in [1.29, 1.82) is 0 Å². The van der Waals surface area contributed by atoms with Crippen LogP contribution in [0.15, 0.2) is 41.3 Å². The first-order chi connectivity index (χ1) is 14.0. The van der Waals surface area contributed by atoms with E-state index in [0.29, 0.717) is 0 Å². The highest BCUT2D eigenvalue weighted by molar-refractivity contribution is 7.89. The lowest BCUT2D eigenvalue weighted by atomic mass is 10.1. The zero-order valence-corrected chi connectivity index (χ0v) is 17.6. The topological polar surface area (TPSA) is 104 Å². The minimum absolute atomic E-state index is 0.0531. The van der Waals surface area contributed by atoms with Crippen molar-refractivity contribution in [2.24, 2.45) is 0 Å². The van der Waals surface area contributed by atoms with Crippen LogP contribution in [0.2, 0.25) is 0 Å². The van der Waals surface area contributed by atoms with Crippen LogP contribution in [0.1, 0.15) is 29.2 Å². The van der Waals surface area contributed by atoms with Gasteiger partial charge in [-0.2, -0.15) is 0 Å². The van der Waals surface area contributed by atoms with Gasteiger partial charge in [-0.25, -0.2) is 21.9 Å². The second-order valence-electron chi connectivity index (χ2n) is 6.68. The predicted molar refractivity (Wildman–Crippen MR) is 107 cm³/mol. The number of benzene rings is 2. The third-order valence-corrected chi connectivity index (χ3v) is 5.98. The number of sulfonamides is 1. The van der Waals surface area contributed by atoms with Gasteiger partial charge in [-0.3, -0.25) is 9.59 Å². The lowest BCUT2D eigenvalue weighted by Gasteiger charge is -2.18. The van der Waals surface area contributed by atoms with E-state index in [0.717, 1.165) is 23.3 Å². The zero-order chi connectivity index (χ0) is 22.5. The van der Waals surface area contributed by atoms with E-state index in [1.54, 1.807) is 13.0 Å². The van der Waals surface area contributed by atoms with Gasteiger partial charge in [-0.15, -0.1) is 0 Å². The van der Waals surface area contributed by atoms with Crippen molar-refractivity contribution in [3.8, 4) is 0 Å². The van der Waals surface area contributed by atoms with Crippen molar-refractivity contribution in [2.75, 3.05) is 13.6 Å². The normalized spacial score (nSPS) is 12.3. The molecule has 0 spiro atoms. The molecule has 0 saturated carbocycles. The smallest absolute Gasteiger partial charge is 0.246 e. The number of rotatable bonds is 8. The van der Waals surface area contributed by atoms with Crippen LogP contribution in [0.25, 0.3) is 0 Å². The molecule has 0 fully saturated rings. The third-order valence-electron chi connectivity index (χ3n) is 4.52. The predicted octanol–water partition coefficient (Wildman–Crippen LogP) is 1.85. The van der Waals surface area contributed by atoms with Gasteiger partial charge in [0.05, 0.1) is 4.90 Å². The molecule has 0 bridgehead atoms. The molecule has 0 aliphatic carbocycles. The van der Waals surface area contributed by atoms with Crippen molar-refractivity contribution in [3.63, 3.8) is 0 Å². The first kappa shape index (κ1) is 23.4. The van der Waals surface area contributed by atoms with E-state index >= 15 is 0 Å². The van der Waals surface area contributed by atoms with E-state index in [4.69, 9.17) is 0 Å². The monoisotopic (exact) mass is 439 g/mol. The molecule has 0 aliphatic rings. The van der Waals surface area contributed by atoms with Gasteiger partial charge in [0, 0.05) is 20.0 Å². The second-order valence-corrected chi connectivity index (χ2v) is 8.45. The number of nitrogens with one attached hydrogen (secondary N) is 3. The van der Waals surface area contributed by atoms with Gasteiger partial charge in [0.1, 0.15) is 6.04 Å². The van der Waals surface area contributed by atoms with Crippen molar-refractivity contribution in [2.45, 2.75) is 31.2 Å². The van der Waals surface area contributed by atoms with Gasteiger partial charge in [-0.05, 0) is 54.8 Å². The number of likely N-dealkylation sites (N-methyl/N-ethyl adjacent to an activating group) is 1. The molecule has 0 aliphatic heterocycles.